The van der Waals surface area contributed by atoms with E-state index in [9.17, 15) is 0 Å². The van der Waals surface area contributed by atoms with Crippen molar-refractivity contribution in [1.82, 2.24) is 19.4 Å². The molecule has 1 aliphatic heterocycles. The van der Waals surface area contributed by atoms with E-state index in [4.69, 9.17) is 23.1 Å². The number of anilines is 1. The maximum atomic E-state index is 6.58. The van der Waals surface area contributed by atoms with E-state index < -0.39 is 0 Å². The molecule has 3 aromatic rings. The largest absolute Gasteiger partial charge is 0.398 e. The fourth-order valence-corrected chi connectivity index (χ4v) is 7.62. The highest BCUT2D eigenvalue weighted by atomic mass is 35.5. The summed E-state index contributed by atoms with van der Waals surface area (Å²) in [5, 5.41) is 0.949. The number of likely N-dealkylation sites (tertiary alicyclic amines) is 1. The van der Waals surface area contributed by atoms with Gasteiger partial charge >= 0.3 is 0 Å². The summed E-state index contributed by atoms with van der Waals surface area (Å²) >= 11 is 6.29. The molecule has 40 heavy (non-hydrogen) atoms. The second-order valence-electron chi connectivity index (χ2n) is 12.1. The Morgan fingerprint density at radius 2 is 1.77 bits per heavy atom. The molecule has 7 nitrogen and oxygen atoms in total. The van der Waals surface area contributed by atoms with Crippen molar-refractivity contribution in [3.05, 3.63) is 59.0 Å². The van der Waals surface area contributed by atoms with Crippen LogP contribution in [0.4, 0.5) is 5.82 Å². The van der Waals surface area contributed by atoms with Crippen LogP contribution < -0.4 is 11.5 Å². The van der Waals surface area contributed by atoms with Gasteiger partial charge in [-0.05, 0) is 99.0 Å². The van der Waals surface area contributed by atoms with Crippen molar-refractivity contribution < 1.29 is 0 Å². The van der Waals surface area contributed by atoms with Gasteiger partial charge < -0.3 is 20.9 Å². The van der Waals surface area contributed by atoms with Crippen LogP contribution in [-0.2, 0) is 6.54 Å². The Balaban J connectivity index is 1.15. The maximum Gasteiger partial charge on any atom is 0.226 e. The Kier molecular flexibility index (Phi) is 8.40. The minimum atomic E-state index is 0.173. The first-order chi connectivity index (χ1) is 19.5. The number of benzene rings is 1. The van der Waals surface area contributed by atoms with Gasteiger partial charge in [0.15, 0.2) is 0 Å². The highest BCUT2D eigenvalue weighted by Crippen LogP contribution is 2.44. The molecular formula is C32H42ClN7. The SMILES string of the molecule is N/C(=C\C=NCc1ccccc1)c1cn(C2CCC(C3CCN(CC4CCCC4)CC3)C2)c2nc(Cl)nc(N)c12. The van der Waals surface area contributed by atoms with E-state index >= 15 is 0 Å². The molecule has 6 rings (SSSR count). The molecule has 2 atom stereocenters. The summed E-state index contributed by atoms with van der Waals surface area (Å²) in [5.74, 6) is 2.89. The van der Waals surface area contributed by atoms with Crippen LogP contribution in [0.3, 0.4) is 0 Å². The summed E-state index contributed by atoms with van der Waals surface area (Å²) in [6.07, 6.45) is 17.7. The third-order valence-corrected chi connectivity index (χ3v) is 9.76. The summed E-state index contributed by atoms with van der Waals surface area (Å²) in [5.41, 5.74) is 16.3. The van der Waals surface area contributed by atoms with Gasteiger partial charge in [-0.1, -0.05) is 43.2 Å². The Labute approximate surface area is 242 Å². The predicted molar refractivity (Wildman–Crippen MR) is 165 cm³/mol. The lowest BCUT2D eigenvalue weighted by Gasteiger charge is -2.36. The number of fused-ring (bicyclic) bond motifs is 1. The molecule has 3 fully saturated rings. The monoisotopic (exact) mass is 559 g/mol. The molecule has 1 saturated heterocycles. The normalized spacial score (nSPS) is 23.7. The van der Waals surface area contributed by atoms with Crippen molar-refractivity contribution in [2.45, 2.75) is 70.4 Å². The molecule has 4 N–H and O–H groups in total. The van der Waals surface area contributed by atoms with Crippen LogP contribution >= 0.6 is 11.6 Å². The van der Waals surface area contributed by atoms with Gasteiger partial charge in [-0.15, -0.1) is 0 Å². The predicted octanol–water partition coefficient (Wildman–Crippen LogP) is 6.48. The molecule has 1 aromatic carbocycles. The van der Waals surface area contributed by atoms with E-state index in [0.29, 0.717) is 24.1 Å². The maximum absolute atomic E-state index is 6.58. The summed E-state index contributed by atoms with van der Waals surface area (Å²) in [4.78, 5) is 16.2. The zero-order chi connectivity index (χ0) is 27.5. The van der Waals surface area contributed by atoms with E-state index in [1.807, 2.05) is 24.3 Å². The van der Waals surface area contributed by atoms with Gasteiger partial charge in [-0.2, -0.15) is 4.98 Å². The van der Waals surface area contributed by atoms with Gasteiger partial charge in [0.2, 0.25) is 5.28 Å². The topological polar surface area (TPSA) is 98.3 Å². The second kappa shape index (κ2) is 12.3. The Morgan fingerprint density at radius 3 is 2.55 bits per heavy atom. The van der Waals surface area contributed by atoms with Crippen molar-refractivity contribution in [2.75, 3.05) is 25.4 Å². The summed E-state index contributed by atoms with van der Waals surface area (Å²) in [6.45, 7) is 4.47. The Hall–Kier alpha value is -2.90. The van der Waals surface area contributed by atoms with Crippen molar-refractivity contribution in [3.63, 3.8) is 0 Å². The molecule has 3 heterocycles. The van der Waals surface area contributed by atoms with E-state index in [-0.39, 0.29) is 5.28 Å². The van der Waals surface area contributed by atoms with Crippen LogP contribution in [0, 0.1) is 17.8 Å². The second-order valence-corrected chi connectivity index (χ2v) is 12.5. The van der Waals surface area contributed by atoms with Crippen molar-refractivity contribution in [2.24, 2.45) is 28.5 Å². The first kappa shape index (κ1) is 27.3. The van der Waals surface area contributed by atoms with Crippen LogP contribution in [0.15, 0.2) is 47.6 Å². The number of hydrogen-bond donors (Lipinski definition) is 2. The van der Waals surface area contributed by atoms with Crippen molar-refractivity contribution in [1.29, 1.82) is 0 Å². The lowest BCUT2D eigenvalue weighted by atomic mass is 9.83. The minimum absolute atomic E-state index is 0.173. The molecule has 2 aromatic heterocycles. The van der Waals surface area contributed by atoms with E-state index in [1.54, 1.807) is 6.21 Å². The number of rotatable bonds is 8. The van der Waals surface area contributed by atoms with Crippen molar-refractivity contribution in [3.8, 4) is 0 Å². The molecule has 2 saturated carbocycles. The number of piperidine rings is 1. The number of nitrogens with two attached hydrogens (primary N) is 2. The molecule has 0 bridgehead atoms. The molecule has 212 valence electrons. The van der Waals surface area contributed by atoms with Gasteiger partial charge in [0.05, 0.1) is 11.9 Å². The number of nitrogen functional groups attached to an aromatic ring is 1. The van der Waals surface area contributed by atoms with Gasteiger partial charge in [0.1, 0.15) is 11.5 Å². The highest BCUT2D eigenvalue weighted by molar-refractivity contribution is 6.28. The third kappa shape index (κ3) is 6.06. The third-order valence-electron chi connectivity index (χ3n) is 9.59. The molecule has 2 unspecified atom stereocenters. The minimum Gasteiger partial charge on any atom is -0.398 e. The first-order valence-corrected chi connectivity index (χ1v) is 15.5. The molecule has 2 aliphatic carbocycles. The molecule has 0 spiro atoms. The van der Waals surface area contributed by atoms with Crippen molar-refractivity contribution >= 4 is 40.4 Å². The number of allylic oxidation sites excluding steroid dienone is 1. The van der Waals surface area contributed by atoms with E-state index in [0.717, 1.165) is 46.3 Å². The van der Waals surface area contributed by atoms with Gasteiger partial charge in [0.25, 0.3) is 0 Å². The molecule has 0 radical (unpaired) electrons. The zero-order valence-electron chi connectivity index (χ0n) is 23.4. The number of nitrogens with zero attached hydrogens (tertiary/aromatic N) is 5. The number of hydrogen-bond acceptors (Lipinski definition) is 6. The van der Waals surface area contributed by atoms with Crippen LogP contribution in [0.5, 0.6) is 0 Å². The first-order valence-electron chi connectivity index (χ1n) is 15.1. The summed E-state index contributed by atoms with van der Waals surface area (Å²) in [6, 6.07) is 10.5. The molecule has 3 aliphatic rings. The Bertz CT molecular complexity index is 1350. The van der Waals surface area contributed by atoms with E-state index in [1.165, 1.54) is 71.0 Å². The quantitative estimate of drug-likeness (QED) is 0.243. The zero-order valence-corrected chi connectivity index (χ0v) is 24.1. The lowest BCUT2D eigenvalue weighted by Crippen LogP contribution is -2.38. The fraction of sp³-hybridized carbons (Fsp3) is 0.531. The highest BCUT2D eigenvalue weighted by Gasteiger charge is 2.35. The van der Waals surface area contributed by atoms with Crippen LogP contribution in [0.2, 0.25) is 5.28 Å². The molecule has 0 amide bonds. The van der Waals surface area contributed by atoms with Crippen LogP contribution in [0.25, 0.3) is 16.7 Å². The standard InChI is InChI=1S/C32H42ClN7/c33-32-37-30(35)29-27(28(34)12-15-36-19-22-6-2-1-3-7-22)21-40(31(29)38-32)26-11-10-25(18-26)24-13-16-39(17-14-24)20-23-8-4-5-9-23/h1-3,6-7,12,15,21,23-26H,4-5,8-11,13-14,16-20,34H2,(H2,35,37,38)/b28-12-,36-15?. The average molecular weight is 560 g/mol. The summed E-state index contributed by atoms with van der Waals surface area (Å²) < 4.78 is 2.27. The van der Waals surface area contributed by atoms with Gasteiger partial charge in [-0.3, -0.25) is 4.99 Å². The Morgan fingerprint density at radius 1 is 1.00 bits per heavy atom. The fourth-order valence-electron chi connectivity index (χ4n) is 7.45. The van der Waals surface area contributed by atoms with Gasteiger partial charge in [0, 0.05) is 36.3 Å². The number of aromatic nitrogens is 3. The average Bonchev–Trinajstić information content (AvgIpc) is 3.72. The van der Waals surface area contributed by atoms with Gasteiger partial charge in [-0.25, -0.2) is 4.98 Å². The smallest absolute Gasteiger partial charge is 0.226 e. The lowest BCUT2D eigenvalue weighted by molar-refractivity contribution is 0.131. The van der Waals surface area contributed by atoms with Crippen LogP contribution in [0.1, 0.15) is 75.0 Å². The molecular weight excluding hydrogens is 518 g/mol. The van der Waals surface area contributed by atoms with E-state index in [2.05, 4.69) is 42.8 Å². The van der Waals surface area contributed by atoms with Crippen LogP contribution in [-0.4, -0.2) is 45.3 Å². The molecule has 8 heteroatoms. The summed E-state index contributed by atoms with van der Waals surface area (Å²) in [7, 11) is 0. The number of halogens is 1. The number of aliphatic imine (C=N–C) groups is 1.